The number of aromatic hydroxyl groups is 1. The van der Waals surface area contributed by atoms with Crippen LogP contribution in [0.15, 0.2) is 12.1 Å². The average molecular weight is 379 g/mol. The smallest absolute Gasteiger partial charge is 0.155 e. The molecule has 6 rings (SSSR count). The number of ether oxygens (including phenoxy) is 1. The zero-order chi connectivity index (χ0) is 18.8. The van der Waals surface area contributed by atoms with Gasteiger partial charge in [-0.05, 0) is 67.7 Å². The highest BCUT2D eigenvalue weighted by Crippen LogP contribution is 2.48. The molecule has 3 heterocycles. The van der Waals surface area contributed by atoms with Crippen molar-refractivity contribution in [3.8, 4) is 17.0 Å². The van der Waals surface area contributed by atoms with E-state index in [1.165, 1.54) is 5.56 Å². The van der Waals surface area contributed by atoms with E-state index in [1.807, 2.05) is 6.07 Å². The molecule has 1 saturated carbocycles. The minimum Gasteiger partial charge on any atom is -0.507 e. The molecule has 1 aromatic carbocycles. The number of phenolic OH excluding ortho intramolecular Hbond substituents is 1. The zero-order valence-electron chi connectivity index (χ0n) is 15.8. The molecule has 4 aliphatic rings. The fraction of sp³-hybridized carbons (Fsp3) is 0.545. The Morgan fingerprint density at radius 3 is 2.79 bits per heavy atom. The van der Waals surface area contributed by atoms with Gasteiger partial charge in [0.25, 0.3) is 0 Å². The average Bonchev–Trinajstić information content (AvgIpc) is 3.33. The van der Waals surface area contributed by atoms with Gasteiger partial charge in [0.2, 0.25) is 0 Å². The van der Waals surface area contributed by atoms with Crippen molar-refractivity contribution in [2.45, 2.75) is 75.7 Å². The summed E-state index contributed by atoms with van der Waals surface area (Å²) in [5, 5.41) is 33.4. The number of phenols is 1. The van der Waals surface area contributed by atoms with Crippen molar-refractivity contribution in [3.05, 3.63) is 34.4 Å². The van der Waals surface area contributed by atoms with Crippen LogP contribution in [0.3, 0.4) is 0 Å². The highest BCUT2D eigenvalue weighted by molar-refractivity contribution is 5.75. The third kappa shape index (κ3) is 2.40. The van der Waals surface area contributed by atoms with Crippen LogP contribution in [-0.2, 0) is 24.0 Å². The summed E-state index contributed by atoms with van der Waals surface area (Å²) in [6.45, 7) is 0. The van der Waals surface area contributed by atoms with Gasteiger partial charge >= 0.3 is 0 Å². The summed E-state index contributed by atoms with van der Waals surface area (Å²) in [6, 6.07) is 4.18. The Hall–Kier alpha value is -2.18. The maximum absolute atomic E-state index is 11.0. The lowest BCUT2D eigenvalue weighted by Crippen LogP contribution is -2.43. The number of hydrogen-bond acceptors (Lipinski definition) is 6. The minimum atomic E-state index is -0.321. The number of aryl methyl sites for hydroxylation is 1. The third-order valence-corrected chi connectivity index (χ3v) is 7.05. The van der Waals surface area contributed by atoms with Crippen LogP contribution in [0, 0.1) is 0 Å². The normalized spacial score (nSPS) is 29.9. The Bertz CT molecular complexity index is 961. The lowest BCUT2D eigenvalue weighted by molar-refractivity contribution is 0.0322. The first-order valence-corrected chi connectivity index (χ1v) is 10.5. The lowest BCUT2D eigenvalue weighted by atomic mass is 9.88. The molecule has 4 atom stereocenters. The molecular weight excluding hydrogens is 354 g/mol. The van der Waals surface area contributed by atoms with Crippen LogP contribution in [-0.4, -0.2) is 38.7 Å². The fourth-order valence-electron chi connectivity index (χ4n) is 5.32. The summed E-state index contributed by atoms with van der Waals surface area (Å²) in [4.78, 5) is 0. The molecule has 2 aromatic rings. The molecule has 6 heteroatoms. The number of aliphatic hydroxyl groups excluding tert-OH is 1. The van der Waals surface area contributed by atoms with E-state index in [9.17, 15) is 10.2 Å². The van der Waals surface area contributed by atoms with Gasteiger partial charge in [-0.1, -0.05) is 6.07 Å². The molecule has 1 saturated heterocycles. The molecule has 6 nitrogen and oxygen atoms in total. The molecule has 1 aromatic heterocycles. The molecule has 0 amide bonds. The number of nitrogens with one attached hydrogen (secondary N) is 1. The number of aromatic nitrogens is 2. The molecular formula is C22H25N3O3. The zero-order valence-corrected chi connectivity index (χ0v) is 15.8. The maximum Gasteiger partial charge on any atom is 0.155 e. The number of benzene rings is 1. The van der Waals surface area contributed by atoms with Crippen LogP contribution in [0.4, 0.5) is 5.82 Å². The van der Waals surface area contributed by atoms with E-state index in [2.05, 4.69) is 21.6 Å². The van der Waals surface area contributed by atoms with Gasteiger partial charge < -0.3 is 20.3 Å². The largest absolute Gasteiger partial charge is 0.507 e. The van der Waals surface area contributed by atoms with Crippen molar-refractivity contribution in [1.82, 2.24) is 10.2 Å². The van der Waals surface area contributed by atoms with Crippen LogP contribution in [0.5, 0.6) is 5.75 Å². The van der Waals surface area contributed by atoms with Gasteiger partial charge in [-0.15, -0.1) is 10.2 Å². The minimum absolute atomic E-state index is 0.0271. The highest BCUT2D eigenvalue weighted by Gasteiger charge is 2.40. The van der Waals surface area contributed by atoms with Gasteiger partial charge in [0.15, 0.2) is 5.82 Å². The van der Waals surface area contributed by atoms with Gasteiger partial charge in [-0.25, -0.2) is 0 Å². The van der Waals surface area contributed by atoms with E-state index >= 15 is 0 Å². The first kappa shape index (κ1) is 16.7. The fourth-order valence-corrected chi connectivity index (χ4v) is 5.32. The number of hydrogen-bond donors (Lipinski definition) is 3. The SMILES string of the molecule is Oc1c(-c2nnc(NC3CC[C@H]3O)c3c2CC2CCC3O2)ccc2c1CCC2. The van der Waals surface area contributed by atoms with Gasteiger partial charge in [0.1, 0.15) is 11.4 Å². The van der Waals surface area contributed by atoms with E-state index in [0.29, 0.717) is 5.75 Å². The van der Waals surface area contributed by atoms with Crippen molar-refractivity contribution in [2.75, 3.05) is 5.32 Å². The molecule has 3 N–H and O–H groups in total. The summed E-state index contributed by atoms with van der Waals surface area (Å²) >= 11 is 0. The quantitative estimate of drug-likeness (QED) is 0.760. The van der Waals surface area contributed by atoms with Crippen molar-refractivity contribution in [1.29, 1.82) is 0 Å². The Balaban J connectivity index is 1.48. The molecule has 2 bridgehead atoms. The van der Waals surface area contributed by atoms with Crippen molar-refractivity contribution >= 4 is 5.82 Å². The molecule has 28 heavy (non-hydrogen) atoms. The Morgan fingerprint density at radius 2 is 1.96 bits per heavy atom. The van der Waals surface area contributed by atoms with Crippen molar-refractivity contribution < 1.29 is 14.9 Å². The maximum atomic E-state index is 11.0. The van der Waals surface area contributed by atoms with Crippen molar-refractivity contribution in [2.24, 2.45) is 0 Å². The van der Waals surface area contributed by atoms with Crippen LogP contribution in [0.2, 0.25) is 0 Å². The highest BCUT2D eigenvalue weighted by atomic mass is 16.5. The van der Waals surface area contributed by atoms with Gasteiger partial charge in [0, 0.05) is 17.5 Å². The second-order valence-corrected chi connectivity index (χ2v) is 8.67. The molecule has 2 fully saturated rings. The number of anilines is 1. The molecule has 0 spiro atoms. The summed E-state index contributed by atoms with van der Waals surface area (Å²) in [5.41, 5.74) is 6.14. The second kappa shape index (κ2) is 6.16. The summed E-state index contributed by atoms with van der Waals surface area (Å²) in [6.07, 6.45) is 7.60. The Labute approximate surface area is 164 Å². The van der Waals surface area contributed by atoms with E-state index in [4.69, 9.17) is 4.74 Å². The lowest BCUT2D eigenvalue weighted by Gasteiger charge is -2.35. The molecule has 2 aliphatic carbocycles. The number of aliphatic hydroxyl groups is 1. The Kier molecular flexibility index (Phi) is 3.68. The number of nitrogens with zero attached hydrogens (tertiary/aromatic N) is 2. The molecule has 3 unspecified atom stereocenters. The van der Waals surface area contributed by atoms with Crippen LogP contribution >= 0.6 is 0 Å². The van der Waals surface area contributed by atoms with Crippen LogP contribution in [0.25, 0.3) is 11.3 Å². The van der Waals surface area contributed by atoms with Gasteiger partial charge in [-0.3, -0.25) is 0 Å². The van der Waals surface area contributed by atoms with Crippen molar-refractivity contribution in [3.63, 3.8) is 0 Å². The van der Waals surface area contributed by atoms with Crippen LogP contribution < -0.4 is 5.32 Å². The van der Waals surface area contributed by atoms with E-state index < -0.39 is 0 Å². The number of fused-ring (bicyclic) bond motifs is 5. The van der Waals surface area contributed by atoms with E-state index in [-0.39, 0.29) is 24.4 Å². The second-order valence-electron chi connectivity index (χ2n) is 8.67. The van der Waals surface area contributed by atoms with Gasteiger partial charge in [-0.2, -0.15) is 0 Å². The summed E-state index contributed by atoms with van der Waals surface area (Å²) < 4.78 is 6.19. The Morgan fingerprint density at radius 1 is 1.04 bits per heavy atom. The predicted molar refractivity (Wildman–Crippen MR) is 104 cm³/mol. The monoisotopic (exact) mass is 379 g/mol. The number of rotatable bonds is 3. The third-order valence-electron chi connectivity index (χ3n) is 7.05. The van der Waals surface area contributed by atoms with Gasteiger partial charge in [0.05, 0.1) is 24.4 Å². The van der Waals surface area contributed by atoms with Crippen LogP contribution in [0.1, 0.15) is 60.5 Å². The van der Waals surface area contributed by atoms with E-state index in [0.717, 1.165) is 85.1 Å². The topological polar surface area (TPSA) is 87.5 Å². The first-order chi connectivity index (χ1) is 13.7. The first-order valence-electron chi connectivity index (χ1n) is 10.5. The van der Waals surface area contributed by atoms with E-state index in [1.54, 1.807) is 0 Å². The molecule has 146 valence electrons. The molecule has 2 aliphatic heterocycles. The molecule has 0 radical (unpaired) electrons. The summed E-state index contributed by atoms with van der Waals surface area (Å²) in [7, 11) is 0. The summed E-state index contributed by atoms with van der Waals surface area (Å²) in [5.74, 6) is 1.12. The standard InChI is InChI=1S/C22H25N3O3/c26-17-8-7-16(17)23-22-19-15(10-12-5-9-18(19)28-12)20(24-25-22)14-6-4-11-2-1-3-13(11)21(14)27/h4,6,12,16-18,26-27H,1-3,5,7-10H2,(H,23,25)/t12?,16?,17-,18?/m1/s1. The predicted octanol–water partition coefficient (Wildman–Crippen LogP) is 3.05.